The van der Waals surface area contributed by atoms with Gasteiger partial charge in [-0.1, -0.05) is 11.6 Å². The van der Waals surface area contributed by atoms with Crippen LogP contribution in [-0.4, -0.2) is 28.1 Å². The van der Waals surface area contributed by atoms with Crippen LogP contribution in [0.1, 0.15) is 12.5 Å². The number of ether oxygens (including phenoxy) is 1. The zero-order valence-corrected chi connectivity index (χ0v) is 11.5. The molecule has 0 atom stereocenters. The molecule has 0 aliphatic rings. The van der Waals surface area contributed by atoms with Crippen molar-refractivity contribution in [2.75, 3.05) is 12.0 Å². The normalized spacial score (nSPS) is 10.7. The van der Waals surface area contributed by atoms with E-state index in [0.29, 0.717) is 23.3 Å². The molecule has 1 aromatic heterocycles. The highest BCUT2D eigenvalue weighted by Crippen LogP contribution is 2.26. The van der Waals surface area contributed by atoms with Crippen molar-refractivity contribution in [1.29, 1.82) is 0 Å². The first-order valence-corrected chi connectivity index (χ1v) is 6.31. The molecule has 0 aliphatic carbocycles. The van der Waals surface area contributed by atoms with Crippen molar-refractivity contribution in [2.45, 2.75) is 6.92 Å². The van der Waals surface area contributed by atoms with Crippen molar-refractivity contribution in [3.8, 4) is 11.5 Å². The van der Waals surface area contributed by atoms with Crippen molar-refractivity contribution in [2.24, 2.45) is 5.10 Å². The maximum absolute atomic E-state index is 9.58. The number of halogens is 1. The van der Waals surface area contributed by atoms with Gasteiger partial charge in [0.25, 0.3) is 0 Å². The van der Waals surface area contributed by atoms with Crippen LogP contribution in [0.3, 0.4) is 0 Å². The molecule has 0 aliphatic heterocycles. The molecule has 2 aromatic rings. The highest BCUT2D eigenvalue weighted by Gasteiger charge is 2.02. The first-order chi connectivity index (χ1) is 9.69. The summed E-state index contributed by atoms with van der Waals surface area (Å²) in [7, 11) is 0. The maximum Gasteiger partial charge on any atom is 0.168 e. The van der Waals surface area contributed by atoms with Gasteiger partial charge in [-0.05, 0) is 42.8 Å². The summed E-state index contributed by atoms with van der Waals surface area (Å²) >= 11 is 5.63. The summed E-state index contributed by atoms with van der Waals surface area (Å²) in [6.07, 6.45) is 1.58. The lowest BCUT2D eigenvalue weighted by molar-refractivity contribution is 0.318. The highest BCUT2D eigenvalue weighted by atomic mass is 35.5. The van der Waals surface area contributed by atoms with Gasteiger partial charge in [0.2, 0.25) is 0 Å². The molecule has 0 unspecified atom stereocenters. The number of phenolic OH excluding ortho intramolecular Hbond substituents is 1. The van der Waals surface area contributed by atoms with E-state index in [1.54, 1.807) is 36.5 Å². The lowest BCUT2D eigenvalue weighted by Gasteiger charge is -2.06. The summed E-state index contributed by atoms with van der Waals surface area (Å²) < 4.78 is 5.29. The lowest BCUT2D eigenvalue weighted by Crippen LogP contribution is -1.96. The number of aromatic nitrogens is 2. The Kier molecular flexibility index (Phi) is 4.73. The number of rotatable bonds is 5. The molecule has 6 nitrogen and oxygen atoms in total. The van der Waals surface area contributed by atoms with Gasteiger partial charge in [-0.3, -0.25) is 5.43 Å². The summed E-state index contributed by atoms with van der Waals surface area (Å²) in [6, 6.07) is 8.23. The third-order valence-electron chi connectivity index (χ3n) is 2.31. The van der Waals surface area contributed by atoms with Gasteiger partial charge in [0.1, 0.15) is 0 Å². The number of aromatic hydroxyl groups is 1. The molecule has 0 radical (unpaired) electrons. The molecule has 1 aromatic carbocycles. The Morgan fingerprint density at radius 1 is 1.35 bits per heavy atom. The maximum atomic E-state index is 9.58. The Hall–Kier alpha value is -2.34. The Balaban J connectivity index is 2.03. The zero-order chi connectivity index (χ0) is 14.4. The summed E-state index contributed by atoms with van der Waals surface area (Å²) in [5.74, 6) is 0.998. The van der Waals surface area contributed by atoms with Crippen LogP contribution in [0.15, 0.2) is 35.4 Å². The van der Waals surface area contributed by atoms with E-state index in [9.17, 15) is 5.11 Å². The average molecular weight is 293 g/mol. The fourth-order valence-electron chi connectivity index (χ4n) is 1.43. The lowest BCUT2D eigenvalue weighted by atomic mass is 10.2. The van der Waals surface area contributed by atoms with Gasteiger partial charge in [0, 0.05) is 0 Å². The van der Waals surface area contributed by atoms with Gasteiger partial charge in [0.05, 0.1) is 12.8 Å². The molecular formula is C13H13ClN4O2. The van der Waals surface area contributed by atoms with Gasteiger partial charge in [0.15, 0.2) is 22.5 Å². The van der Waals surface area contributed by atoms with E-state index in [0.717, 1.165) is 5.56 Å². The first-order valence-electron chi connectivity index (χ1n) is 5.93. The zero-order valence-electron chi connectivity index (χ0n) is 10.7. The fourth-order valence-corrected chi connectivity index (χ4v) is 1.53. The smallest absolute Gasteiger partial charge is 0.168 e. The topological polar surface area (TPSA) is 79.6 Å². The first kappa shape index (κ1) is 14.1. The molecule has 104 valence electrons. The highest BCUT2D eigenvalue weighted by molar-refractivity contribution is 6.29. The predicted molar refractivity (Wildman–Crippen MR) is 77.5 cm³/mol. The third kappa shape index (κ3) is 3.83. The molecule has 0 bridgehead atoms. The second-order valence-corrected chi connectivity index (χ2v) is 4.16. The average Bonchev–Trinajstić information content (AvgIpc) is 2.45. The standard InChI is InChI=1S/C13H13ClN4O2/c1-2-20-11-7-9(3-4-10(11)19)8-15-17-13-6-5-12(14)16-18-13/h3-8,19H,2H2,1H3,(H,17,18)/b15-8+. The van der Waals surface area contributed by atoms with E-state index in [1.165, 1.54) is 0 Å². The van der Waals surface area contributed by atoms with Crippen LogP contribution in [0.25, 0.3) is 0 Å². The molecule has 20 heavy (non-hydrogen) atoms. The summed E-state index contributed by atoms with van der Waals surface area (Å²) in [5, 5.41) is 21.4. The van der Waals surface area contributed by atoms with Crippen LogP contribution in [0.4, 0.5) is 5.82 Å². The van der Waals surface area contributed by atoms with Crippen LogP contribution in [-0.2, 0) is 0 Å². The van der Waals surface area contributed by atoms with Crippen LogP contribution >= 0.6 is 11.6 Å². The van der Waals surface area contributed by atoms with E-state index in [2.05, 4.69) is 20.7 Å². The molecule has 0 saturated heterocycles. The number of hydrazone groups is 1. The fraction of sp³-hybridized carbons (Fsp3) is 0.154. The molecule has 1 heterocycles. The van der Waals surface area contributed by atoms with E-state index in [1.807, 2.05) is 6.92 Å². The van der Waals surface area contributed by atoms with Crippen molar-refractivity contribution >= 4 is 23.6 Å². The second kappa shape index (κ2) is 6.72. The summed E-state index contributed by atoms with van der Waals surface area (Å²) in [5.41, 5.74) is 3.50. The minimum Gasteiger partial charge on any atom is -0.504 e. The molecule has 7 heteroatoms. The number of benzene rings is 1. The summed E-state index contributed by atoms with van der Waals surface area (Å²) in [4.78, 5) is 0. The van der Waals surface area contributed by atoms with E-state index in [4.69, 9.17) is 16.3 Å². The molecule has 2 rings (SSSR count). The molecule has 0 spiro atoms. The number of phenols is 1. The van der Waals surface area contributed by atoms with Crippen molar-refractivity contribution in [3.05, 3.63) is 41.0 Å². The second-order valence-electron chi connectivity index (χ2n) is 3.77. The number of nitrogens with zero attached hydrogens (tertiary/aromatic N) is 3. The summed E-state index contributed by atoms with van der Waals surface area (Å²) in [6.45, 7) is 2.33. The van der Waals surface area contributed by atoms with E-state index in [-0.39, 0.29) is 5.75 Å². The van der Waals surface area contributed by atoms with Gasteiger partial charge in [-0.15, -0.1) is 10.2 Å². The van der Waals surface area contributed by atoms with Gasteiger partial charge in [-0.2, -0.15) is 5.10 Å². The van der Waals surface area contributed by atoms with Crippen molar-refractivity contribution < 1.29 is 9.84 Å². The number of hydrogen-bond donors (Lipinski definition) is 2. The Morgan fingerprint density at radius 2 is 2.20 bits per heavy atom. The van der Waals surface area contributed by atoms with E-state index >= 15 is 0 Å². The Labute approximate surface area is 121 Å². The molecule has 2 N–H and O–H groups in total. The third-order valence-corrected chi connectivity index (χ3v) is 2.51. The minimum absolute atomic E-state index is 0.0977. The largest absolute Gasteiger partial charge is 0.504 e. The molecule has 0 amide bonds. The van der Waals surface area contributed by atoms with Crippen molar-refractivity contribution in [3.63, 3.8) is 0 Å². The van der Waals surface area contributed by atoms with Gasteiger partial charge < -0.3 is 9.84 Å². The number of anilines is 1. The van der Waals surface area contributed by atoms with Crippen LogP contribution in [0.2, 0.25) is 5.15 Å². The minimum atomic E-state index is 0.0977. The number of hydrogen-bond acceptors (Lipinski definition) is 6. The van der Waals surface area contributed by atoms with Gasteiger partial charge >= 0.3 is 0 Å². The SMILES string of the molecule is CCOc1cc(/C=N/Nc2ccc(Cl)nn2)ccc1O. The molecule has 0 saturated carbocycles. The van der Waals surface area contributed by atoms with Gasteiger partial charge in [-0.25, -0.2) is 0 Å². The van der Waals surface area contributed by atoms with E-state index < -0.39 is 0 Å². The molecule has 0 fully saturated rings. The van der Waals surface area contributed by atoms with Crippen LogP contribution < -0.4 is 10.2 Å². The monoisotopic (exact) mass is 292 g/mol. The molecular weight excluding hydrogens is 280 g/mol. The van der Waals surface area contributed by atoms with Crippen LogP contribution in [0, 0.1) is 0 Å². The van der Waals surface area contributed by atoms with Crippen LogP contribution in [0.5, 0.6) is 11.5 Å². The number of nitrogens with one attached hydrogen (secondary N) is 1. The Bertz CT molecular complexity index is 602. The predicted octanol–water partition coefficient (Wildman–Crippen LogP) is 2.68. The quantitative estimate of drug-likeness (QED) is 0.654. The van der Waals surface area contributed by atoms with Crippen molar-refractivity contribution in [1.82, 2.24) is 10.2 Å². The Morgan fingerprint density at radius 3 is 2.90 bits per heavy atom.